The Morgan fingerprint density at radius 2 is 2.26 bits per heavy atom. The zero-order valence-electron chi connectivity index (χ0n) is 10.7. The summed E-state index contributed by atoms with van der Waals surface area (Å²) in [6, 6.07) is 3.99. The Balaban J connectivity index is 3.15. The van der Waals surface area contributed by atoms with Crippen molar-refractivity contribution in [3.05, 3.63) is 33.9 Å². The first kappa shape index (κ1) is 15.2. The number of ether oxygens (including phenoxy) is 1. The van der Waals surface area contributed by atoms with Gasteiger partial charge in [-0.1, -0.05) is 6.07 Å². The number of hydrogen-bond acceptors (Lipinski definition) is 4. The average molecular weight is 287 g/mol. The lowest BCUT2D eigenvalue weighted by Crippen LogP contribution is -2.34. The number of carbonyl (C=O) groups excluding carboxylic acids is 1. The Morgan fingerprint density at radius 1 is 1.58 bits per heavy atom. The second kappa shape index (κ2) is 6.94. The second-order valence-electron chi connectivity index (χ2n) is 3.87. The van der Waals surface area contributed by atoms with Crippen LogP contribution in [0, 0.1) is 10.1 Å². The van der Waals surface area contributed by atoms with Crippen molar-refractivity contribution in [3.63, 3.8) is 0 Å². The highest BCUT2D eigenvalue weighted by atomic mass is 35.5. The number of rotatable bonds is 6. The lowest BCUT2D eigenvalue weighted by molar-refractivity contribution is -0.385. The van der Waals surface area contributed by atoms with E-state index in [1.807, 2.05) is 0 Å². The molecule has 0 fully saturated rings. The smallest absolute Gasteiger partial charge is 0.311 e. The molecule has 0 aromatic heterocycles. The number of nitro benzene ring substituents is 1. The van der Waals surface area contributed by atoms with Crippen LogP contribution >= 0.6 is 11.6 Å². The molecule has 19 heavy (non-hydrogen) atoms. The van der Waals surface area contributed by atoms with Crippen LogP contribution in [-0.2, 0) is 0 Å². The Kier molecular flexibility index (Phi) is 5.57. The Labute approximate surface area is 115 Å². The summed E-state index contributed by atoms with van der Waals surface area (Å²) in [6.07, 6.45) is 0. The predicted octanol–water partition coefficient (Wildman–Crippen LogP) is 2.35. The molecule has 0 aliphatic rings. The van der Waals surface area contributed by atoms with Crippen molar-refractivity contribution in [3.8, 4) is 5.75 Å². The number of halogens is 1. The molecule has 0 spiro atoms. The quantitative estimate of drug-likeness (QED) is 0.494. The lowest BCUT2D eigenvalue weighted by atomic mass is 10.1. The van der Waals surface area contributed by atoms with Gasteiger partial charge in [-0.3, -0.25) is 14.9 Å². The molecule has 1 unspecified atom stereocenters. The topological polar surface area (TPSA) is 81.5 Å². The third-order valence-corrected chi connectivity index (χ3v) is 2.80. The van der Waals surface area contributed by atoms with Gasteiger partial charge in [0, 0.05) is 18.0 Å². The molecule has 1 amide bonds. The van der Waals surface area contributed by atoms with E-state index in [9.17, 15) is 14.9 Å². The van der Waals surface area contributed by atoms with E-state index in [-0.39, 0.29) is 35.5 Å². The van der Waals surface area contributed by atoms with Crippen LogP contribution in [-0.4, -0.2) is 29.4 Å². The number of nitrogens with zero attached hydrogens (tertiary/aromatic N) is 1. The number of amides is 1. The van der Waals surface area contributed by atoms with Crippen LogP contribution in [0.1, 0.15) is 24.2 Å². The molecule has 104 valence electrons. The molecule has 0 aliphatic carbocycles. The third kappa shape index (κ3) is 3.82. The van der Waals surface area contributed by atoms with Gasteiger partial charge in [0.25, 0.3) is 5.91 Å². The van der Waals surface area contributed by atoms with E-state index in [2.05, 4.69) is 5.32 Å². The number of benzene rings is 1. The minimum Gasteiger partial charge on any atom is -0.487 e. The van der Waals surface area contributed by atoms with Crippen molar-refractivity contribution in [2.75, 3.05) is 12.5 Å². The van der Waals surface area contributed by atoms with Gasteiger partial charge >= 0.3 is 5.69 Å². The van der Waals surface area contributed by atoms with Gasteiger partial charge in [-0.25, -0.2) is 0 Å². The van der Waals surface area contributed by atoms with E-state index in [4.69, 9.17) is 16.3 Å². The van der Waals surface area contributed by atoms with E-state index in [0.29, 0.717) is 0 Å². The zero-order chi connectivity index (χ0) is 14.4. The van der Waals surface area contributed by atoms with Crippen LogP contribution in [0.25, 0.3) is 0 Å². The maximum atomic E-state index is 12.0. The average Bonchev–Trinajstić information content (AvgIpc) is 2.38. The van der Waals surface area contributed by atoms with E-state index in [1.54, 1.807) is 13.8 Å². The molecule has 0 radical (unpaired) electrons. The van der Waals surface area contributed by atoms with E-state index >= 15 is 0 Å². The van der Waals surface area contributed by atoms with Crippen molar-refractivity contribution in [1.82, 2.24) is 5.32 Å². The molecule has 0 saturated carbocycles. The number of nitrogens with one attached hydrogen (secondary N) is 1. The van der Waals surface area contributed by atoms with Crippen LogP contribution in [0.2, 0.25) is 0 Å². The first-order chi connectivity index (χ1) is 9.01. The van der Waals surface area contributed by atoms with Gasteiger partial charge < -0.3 is 10.1 Å². The zero-order valence-corrected chi connectivity index (χ0v) is 11.4. The Bertz CT molecular complexity index is 479. The Hall–Kier alpha value is -1.82. The highest BCUT2D eigenvalue weighted by molar-refractivity contribution is 6.18. The van der Waals surface area contributed by atoms with E-state index < -0.39 is 10.8 Å². The van der Waals surface area contributed by atoms with Crippen molar-refractivity contribution in [2.45, 2.75) is 19.9 Å². The summed E-state index contributed by atoms with van der Waals surface area (Å²) in [5.74, 6) is -0.209. The van der Waals surface area contributed by atoms with Gasteiger partial charge in [0.05, 0.1) is 17.1 Å². The fourth-order valence-electron chi connectivity index (χ4n) is 1.48. The minimum atomic E-state index is -0.577. The first-order valence-electron chi connectivity index (χ1n) is 5.78. The fraction of sp³-hybridized carbons (Fsp3) is 0.417. The summed E-state index contributed by atoms with van der Waals surface area (Å²) in [7, 11) is 0. The fourth-order valence-corrected chi connectivity index (χ4v) is 1.56. The van der Waals surface area contributed by atoms with Gasteiger partial charge in [-0.05, 0) is 19.9 Å². The summed E-state index contributed by atoms with van der Waals surface area (Å²) >= 11 is 5.61. The molecule has 0 heterocycles. The first-order valence-corrected chi connectivity index (χ1v) is 6.31. The normalized spacial score (nSPS) is 11.7. The molecule has 1 aromatic rings. The number of para-hydroxylation sites is 1. The second-order valence-corrected chi connectivity index (χ2v) is 4.18. The monoisotopic (exact) mass is 286 g/mol. The number of nitro groups is 1. The molecule has 1 aromatic carbocycles. The molecule has 6 nitrogen and oxygen atoms in total. The van der Waals surface area contributed by atoms with Crippen LogP contribution in [0.15, 0.2) is 18.2 Å². The van der Waals surface area contributed by atoms with Crippen LogP contribution in [0.4, 0.5) is 5.69 Å². The molecule has 1 rings (SSSR count). The van der Waals surface area contributed by atoms with Crippen LogP contribution in [0.3, 0.4) is 0 Å². The van der Waals surface area contributed by atoms with Gasteiger partial charge in [-0.2, -0.15) is 0 Å². The van der Waals surface area contributed by atoms with Crippen LogP contribution < -0.4 is 10.1 Å². The SMILES string of the molecule is CCOc1c(C(=O)NC(C)CCl)cccc1[N+](=O)[O-]. The third-order valence-electron chi connectivity index (χ3n) is 2.33. The molecule has 0 aliphatic heterocycles. The summed E-state index contributed by atoms with van der Waals surface area (Å²) in [4.78, 5) is 22.4. The van der Waals surface area contributed by atoms with Crippen LogP contribution in [0.5, 0.6) is 5.75 Å². The number of alkyl halides is 1. The summed E-state index contributed by atoms with van der Waals surface area (Å²) in [6.45, 7) is 3.67. The van der Waals surface area contributed by atoms with Crippen molar-refractivity contribution >= 4 is 23.2 Å². The number of carbonyl (C=O) groups is 1. The van der Waals surface area contributed by atoms with E-state index in [1.165, 1.54) is 18.2 Å². The molecule has 0 saturated heterocycles. The van der Waals surface area contributed by atoms with Crippen molar-refractivity contribution in [1.29, 1.82) is 0 Å². The molecule has 1 atom stereocenters. The van der Waals surface area contributed by atoms with Gasteiger partial charge in [-0.15, -0.1) is 11.6 Å². The minimum absolute atomic E-state index is 0.0192. The summed E-state index contributed by atoms with van der Waals surface area (Å²) < 4.78 is 5.23. The van der Waals surface area contributed by atoms with Crippen molar-refractivity contribution in [2.24, 2.45) is 0 Å². The summed E-state index contributed by atoms with van der Waals surface area (Å²) in [5.41, 5.74) is -0.0963. The Morgan fingerprint density at radius 3 is 2.79 bits per heavy atom. The lowest BCUT2D eigenvalue weighted by Gasteiger charge is -2.13. The van der Waals surface area contributed by atoms with Gasteiger partial charge in [0.15, 0.2) is 0 Å². The summed E-state index contributed by atoms with van der Waals surface area (Å²) in [5, 5.41) is 13.6. The maximum absolute atomic E-state index is 12.0. The molecular formula is C12H15ClN2O4. The number of hydrogen-bond donors (Lipinski definition) is 1. The van der Waals surface area contributed by atoms with Gasteiger partial charge in [0.1, 0.15) is 0 Å². The van der Waals surface area contributed by atoms with Crippen molar-refractivity contribution < 1.29 is 14.5 Å². The molecular weight excluding hydrogens is 272 g/mol. The molecule has 1 N–H and O–H groups in total. The maximum Gasteiger partial charge on any atom is 0.311 e. The largest absolute Gasteiger partial charge is 0.487 e. The highest BCUT2D eigenvalue weighted by Crippen LogP contribution is 2.30. The standard InChI is InChI=1S/C12H15ClN2O4/c1-3-19-11-9(12(16)14-8(2)7-13)5-4-6-10(11)15(17)18/h4-6,8H,3,7H2,1-2H3,(H,14,16). The molecule has 7 heteroatoms. The highest BCUT2D eigenvalue weighted by Gasteiger charge is 2.23. The van der Waals surface area contributed by atoms with E-state index in [0.717, 1.165) is 0 Å². The molecule has 0 bridgehead atoms. The predicted molar refractivity (Wildman–Crippen MR) is 71.9 cm³/mol. The van der Waals surface area contributed by atoms with Gasteiger partial charge in [0.2, 0.25) is 5.75 Å².